The molecule has 0 aliphatic carbocycles. The lowest BCUT2D eigenvalue weighted by molar-refractivity contribution is 0.174. The van der Waals surface area contributed by atoms with Gasteiger partial charge in [0, 0.05) is 13.1 Å². The predicted molar refractivity (Wildman–Crippen MR) is 61.6 cm³/mol. The van der Waals surface area contributed by atoms with Crippen LogP contribution in [0.2, 0.25) is 0 Å². The molecular formula is C13H15NO2. The third-order valence-corrected chi connectivity index (χ3v) is 3.02. The van der Waals surface area contributed by atoms with Crippen LogP contribution >= 0.6 is 0 Å². The average Bonchev–Trinajstić information content (AvgIpc) is 2.97. The second-order valence-electron chi connectivity index (χ2n) is 4.15. The zero-order valence-electron chi connectivity index (χ0n) is 9.19. The van der Waals surface area contributed by atoms with Gasteiger partial charge >= 0.3 is 0 Å². The van der Waals surface area contributed by atoms with Crippen molar-refractivity contribution in [2.45, 2.75) is 12.8 Å². The highest BCUT2D eigenvalue weighted by molar-refractivity contribution is 5.44. The molecule has 16 heavy (non-hydrogen) atoms. The maximum Gasteiger partial charge on any atom is 0.231 e. The number of hydrogen-bond donors (Lipinski definition) is 0. The van der Waals surface area contributed by atoms with Crippen molar-refractivity contribution in [3.63, 3.8) is 0 Å². The molecule has 0 N–H and O–H groups in total. The van der Waals surface area contributed by atoms with Crippen LogP contribution in [0, 0.1) is 0 Å². The van der Waals surface area contributed by atoms with Gasteiger partial charge in [0.25, 0.3) is 0 Å². The summed E-state index contributed by atoms with van der Waals surface area (Å²) in [5, 5.41) is 0. The Balaban J connectivity index is 1.64. The van der Waals surface area contributed by atoms with Crippen molar-refractivity contribution in [3.8, 4) is 11.5 Å². The predicted octanol–water partition coefficient (Wildman–Crippen LogP) is 2.18. The summed E-state index contributed by atoms with van der Waals surface area (Å²) in [4.78, 5) is 2.35. The van der Waals surface area contributed by atoms with Gasteiger partial charge in [-0.3, -0.25) is 0 Å². The van der Waals surface area contributed by atoms with Crippen molar-refractivity contribution in [1.82, 2.24) is 4.90 Å². The zero-order chi connectivity index (χ0) is 10.8. The van der Waals surface area contributed by atoms with Crippen LogP contribution in [0.25, 0.3) is 0 Å². The summed E-state index contributed by atoms with van der Waals surface area (Å²) in [6.07, 6.45) is 6.65. The molecule has 3 heteroatoms. The van der Waals surface area contributed by atoms with Gasteiger partial charge in [-0.25, -0.2) is 0 Å². The van der Waals surface area contributed by atoms with E-state index in [-0.39, 0.29) is 0 Å². The Morgan fingerprint density at radius 2 is 2.12 bits per heavy atom. The molecule has 0 spiro atoms. The lowest BCUT2D eigenvalue weighted by Crippen LogP contribution is -2.17. The molecule has 0 saturated carbocycles. The summed E-state index contributed by atoms with van der Waals surface area (Å²) >= 11 is 0. The van der Waals surface area contributed by atoms with Crippen LogP contribution < -0.4 is 9.47 Å². The lowest BCUT2D eigenvalue weighted by Gasteiger charge is -2.14. The van der Waals surface area contributed by atoms with Crippen molar-refractivity contribution >= 4 is 0 Å². The minimum Gasteiger partial charge on any atom is -0.454 e. The van der Waals surface area contributed by atoms with E-state index in [4.69, 9.17) is 9.47 Å². The number of rotatable bonds is 3. The minimum atomic E-state index is 0.355. The average molecular weight is 217 g/mol. The number of benzene rings is 1. The van der Waals surface area contributed by atoms with E-state index < -0.39 is 0 Å². The maximum atomic E-state index is 5.36. The fourth-order valence-corrected chi connectivity index (χ4v) is 2.09. The van der Waals surface area contributed by atoms with E-state index in [1.807, 2.05) is 6.07 Å². The maximum absolute atomic E-state index is 5.36. The first-order chi connectivity index (χ1) is 7.92. The first kappa shape index (κ1) is 9.58. The first-order valence-electron chi connectivity index (χ1n) is 5.71. The monoisotopic (exact) mass is 217 g/mol. The number of fused-ring (bicyclic) bond motifs is 1. The second kappa shape index (κ2) is 4.08. The van der Waals surface area contributed by atoms with Crippen LogP contribution in [0.5, 0.6) is 11.5 Å². The van der Waals surface area contributed by atoms with E-state index in [2.05, 4.69) is 29.3 Å². The van der Waals surface area contributed by atoms with E-state index in [9.17, 15) is 0 Å². The molecule has 0 aromatic heterocycles. The van der Waals surface area contributed by atoms with Gasteiger partial charge in [-0.05, 0) is 36.7 Å². The molecule has 1 aromatic rings. The van der Waals surface area contributed by atoms with Gasteiger partial charge in [0.05, 0.1) is 0 Å². The molecule has 2 aliphatic heterocycles. The fourth-order valence-electron chi connectivity index (χ4n) is 2.09. The summed E-state index contributed by atoms with van der Waals surface area (Å²) < 4.78 is 10.6. The van der Waals surface area contributed by atoms with Gasteiger partial charge in [-0.15, -0.1) is 0 Å². The molecule has 0 saturated heterocycles. The normalized spacial score (nSPS) is 17.1. The van der Waals surface area contributed by atoms with Crippen LogP contribution in [0.3, 0.4) is 0 Å². The standard InChI is InChI=1S/C13H15NO2/c1-2-7-14(6-1)8-5-11-3-4-12-13(9-11)16-10-15-12/h1,3-4,6,9H,2,5,7-8,10H2. The summed E-state index contributed by atoms with van der Waals surface area (Å²) in [5.41, 5.74) is 1.31. The van der Waals surface area contributed by atoms with Crippen LogP contribution in [0.1, 0.15) is 12.0 Å². The molecule has 0 radical (unpaired) electrons. The Bertz CT molecular complexity index is 414. The minimum absolute atomic E-state index is 0.355. The van der Waals surface area contributed by atoms with E-state index in [1.165, 1.54) is 12.0 Å². The molecule has 84 valence electrons. The fraction of sp³-hybridized carbons (Fsp3) is 0.385. The van der Waals surface area contributed by atoms with Crippen LogP contribution in [-0.4, -0.2) is 24.8 Å². The van der Waals surface area contributed by atoms with Gasteiger partial charge < -0.3 is 14.4 Å². The summed E-state index contributed by atoms with van der Waals surface area (Å²) in [6, 6.07) is 6.20. The third kappa shape index (κ3) is 1.85. The Kier molecular flexibility index (Phi) is 2.44. The van der Waals surface area contributed by atoms with Crippen molar-refractivity contribution in [2.24, 2.45) is 0 Å². The van der Waals surface area contributed by atoms with Crippen molar-refractivity contribution in [3.05, 3.63) is 36.0 Å². The van der Waals surface area contributed by atoms with Crippen LogP contribution in [0.15, 0.2) is 30.5 Å². The van der Waals surface area contributed by atoms with Crippen LogP contribution in [0.4, 0.5) is 0 Å². The molecule has 1 aromatic carbocycles. The van der Waals surface area contributed by atoms with Crippen molar-refractivity contribution < 1.29 is 9.47 Å². The molecule has 2 aliphatic rings. The summed E-state index contributed by atoms with van der Waals surface area (Å²) in [6.45, 7) is 2.59. The summed E-state index contributed by atoms with van der Waals surface area (Å²) in [7, 11) is 0. The van der Waals surface area contributed by atoms with Gasteiger partial charge in [0.15, 0.2) is 11.5 Å². The molecule has 2 heterocycles. The highest BCUT2D eigenvalue weighted by Gasteiger charge is 2.13. The molecule has 0 atom stereocenters. The van der Waals surface area contributed by atoms with Gasteiger partial charge in [0.2, 0.25) is 6.79 Å². The molecule has 0 unspecified atom stereocenters. The van der Waals surface area contributed by atoms with Crippen molar-refractivity contribution in [2.75, 3.05) is 19.9 Å². The van der Waals surface area contributed by atoms with Gasteiger partial charge in [0.1, 0.15) is 0 Å². The molecule has 0 bridgehead atoms. The quantitative estimate of drug-likeness (QED) is 0.774. The van der Waals surface area contributed by atoms with Crippen LogP contribution in [-0.2, 0) is 6.42 Å². The zero-order valence-corrected chi connectivity index (χ0v) is 9.19. The van der Waals surface area contributed by atoms with Crippen molar-refractivity contribution in [1.29, 1.82) is 0 Å². The highest BCUT2D eigenvalue weighted by atomic mass is 16.7. The Labute approximate surface area is 95.3 Å². The molecule has 0 fully saturated rings. The second-order valence-corrected chi connectivity index (χ2v) is 4.15. The lowest BCUT2D eigenvalue weighted by atomic mass is 10.1. The number of nitrogens with zero attached hydrogens (tertiary/aromatic N) is 1. The Morgan fingerprint density at radius 1 is 1.19 bits per heavy atom. The number of ether oxygens (including phenoxy) is 2. The van der Waals surface area contributed by atoms with Gasteiger partial charge in [-0.1, -0.05) is 12.1 Å². The molecule has 3 nitrogen and oxygen atoms in total. The molecule has 3 rings (SSSR count). The molecule has 0 amide bonds. The Hall–Kier alpha value is -1.64. The topological polar surface area (TPSA) is 21.7 Å². The highest BCUT2D eigenvalue weighted by Crippen LogP contribution is 2.32. The third-order valence-electron chi connectivity index (χ3n) is 3.02. The SMILES string of the molecule is C1=CN(CCc2ccc3c(c2)OCO3)CC1. The summed E-state index contributed by atoms with van der Waals surface area (Å²) in [5.74, 6) is 1.75. The Morgan fingerprint density at radius 3 is 3.00 bits per heavy atom. The smallest absolute Gasteiger partial charge is 0.231 e. The van der Waals surface area contributed by atoms with E-state index >= 15 is 0 Å². The van der Waals surface area contributed by atoms with E-state index in [1.54, 1.807) is 0 Å². The molecular weight excluding hydrogens is 202 g/mol. The first-order valence-corrected chi connectivity index (χ1v) is 5.71. The van der Waals surface area contributed by atoms with E-state index in [0.29, 0.717) is 6.79 Å². The largest absolute Gasteiger partial charge is 0.454 e. The number of hydrogen-bond acceptors (Lipinski definition) is 3. The van der Waals surface area contributed by atoms with E-state index in [0.717, 1.165) is 31.0 Å². The van der Waals surface area contributed by atoms with Gasteiger partial charge in [-0.2, -0.15) is 0 Å².